The Labute approximate surface area is 96.2 Å². The molecule has 1 fully saturated rings. The number of rotatable bonds is 2. The summed E-state index contributed by atoms with van der Waals surface area (Å²) in [5.74, 6) is 0. The topological polar surface area (TPSA) is 113 Å². The molecule has 2 heterocycles. The van der Waals surface area contributed by atoms with Crippen molar-refractivity contribution in [3.63, 3.8) is 0 Å². The molecule has 8 heteroatoms. The van der Waals surface area contributed by atoms with Crippen molar-refractivity contribution in [3.8, 4) is 0 Å². The van der Waals surface area contributed by atoms with Crippen LogP contribution in [0.3, 0.4) is 0 Å². The van der Waals surface area contributed by atoms with Gasteiger partial charge in [0.05, 0.1) is 12.7 Å². The van der Waals surface area contributed by atoms with Gasteiger partial charge in [-0.1, -0.05) is 0 Å². The van der Waals surface area contributed by atoms with Gasteiger partial charge in [0.25, 0.3) is 0 Å². The van der Waals surface area contributed by atoms with Crippen molar-refractivity contribution in [1.82, 2.24) is 14.1 Å². The summed E-state index contributed by atoms with van der Waals surface area (Å²) in [7, 11) is 1.43. The van der Waals surface area contributed by atoms with E-state index in [0.29, 0.717) is 0 Å². The molecule has 8 nitrogen and oxygen atoms in total. The maximum atomic E-state index is 11.8. The highest BCUT2D eigenvalue weighted by molar-refractivity contribution is 4.83. The number of aliphatic hydroxyl groups is 2. The van der Waals surface area contributed by atoms with Gasteiger partial charge < -0.3 is 14.9 Å². The highest BCUT2D eigenvalue weighted by Gasteiger charge is 2.35. The summed E-state index contributed by atoms with van der Waals surface area (Å²) < 4.78 is 7.61. The third kappa shape index (κ3) is 2.02. The van der Waals surface area contributed by atoms with Crippen molar-refractivity contribution in [3.05, 3.63) is 22.4 Å². The summed E-state index contributed by atoms with van der Waals surface area (Å²) in [5, 5.41) is 25.9. The van der Waals surface area contributed by atoms with E-state index >= 15 is 0 Å². The standard InChI is InChI=1S/C9H14N4O4/c1-12-8(10)11-4-13(9(12)16)7-2-5(15)6(3-14)17-7/h4-7,10,14-15H,2-3H2,1H3/t5?,6-,7-/m1/s1. The molecular formula is C9H14N4O4. The summed E-state index contributed by atoms with van der Waals surface area (Å²) in [5.41, 5.74) is -0.593. The van der Waals surface area contributed by atoms with Gasteiger partial charge in [0.2, 0.25) is 5.62 Å². The maximum Gasteiger partial charge on any atom is 0.333 e. The second-order valence-corrected chi connectivity index (χ2v) is 3.93. The lowest BCUT2D eigenvalue weighted by molar-refractivity contribution is -0.0467. The predicted molar refractivity (Wildman–Crippen MR) is 54.9 cm³/mol. The van der Waals surface area contributed by atoms with Crippen LogP contribution in [0, 0.1) is 5.41 Å². The molecule has 94 valence electrons. The van der Waals surface area contributed by atoms with Crippen molar-refractivity contribution in [2.24, 2.45) is 7.05 Å². The molecule has 1 aliphatic heterocycles. The fraction of sp³-hybridized carbons (Fsp3) is 0.667. The van der Waals surface area contributed by atoms with Crippen LogP contribution in [0.25, 0.3) is 0 Å². The first-order valence-corrected chi connectivity index (χ1v) is 5.17. The minimum absolute atomic E-state index is 0.150. The lowest BCUT2D eigenvalue weighted by Gasteiger charge is -2.14. The largest absolute Gasteiger partial charge is 0.394 e. The Morgan fingerprint density at radius 1 is 1.71 bits per heavy atom. The molecule has 0 radical (unpaired) electrons. The first kappa shape index (κ1) is 12.0. The monoisotopic (exact) mass is 242 g/mol. The van der Waals surface area contributed by atoms with Gasteiger partial charge in [-0.3, -0.25) is 14.5 Å². The van der Waals surface area contributed by atoms with Crippen molar-refractivity contribution in [1.29, 1.82) is 5.41 Å². The number of nitrogens with zero attached hydrogens (tertiary/aromatic N) is 3. The molecule has 0 spiro atoms. The fourth-order valence-corrected chi connectivity index (χ4v) is 1.76. The molecular weight excluding hydrogens is 228 g/mol. The quantitative estimate of drug-likeness (QED) is 0.540. The van der Waals surface area contributed by atoms with E-state index in [1.807, 2.05) is 0 Å². The molecule has 1 aromatic heterocycles. The van der Waals surface area contributed by atoms with E-state index in [0.717, 1.165) is 4.57 Å². The minimum Gasteiger partial charge on any atom is -0.394 e. The van der Waals surface area contributed by atoms with Gasteiger partial charge in [0.1, 0.15) is 18.7 Å². The van der Waals surface area contributed by atoms with Crippen LogP contribution < -0.4 is 11.3 Å². The average Bonchev–Trinajstić information content (AvgIpc) is 2.67. The van der Waals surface area contributed by atoms with Gasteiger partial charge in [0.15, 0.2) is 0 Å². The van der Waals surface area contributed by atoms with E-state index in [4.69, 9.17) is 15.3 Å². The van der Waals surface area contributed by atoms with Crippen LogP contribution >= 0.6 is 0 Å². The summed E-state index contributed by atoms with van der Waals surface area (Å²) in [6.45, 7) is -0.303. The molecule has 0 aromatic carbocycles. The number of aliphatic hydroxyl groups excluding tert-OH is 2. The van der Waals surface area contributed by atoms with E-state index in [1.165, 1.54) is 17.9 Å². The Bertz CT molecular complexity index is 522. The zero-order chi connectivity index (χ0) is 12.6. The van der Waals surface area contributed by atoms with Crippen LogP contribution in [0.5, 0.6) is 0 Å². The van der Waals surface area contributed by atoms with E-state index < -0.39 is 24.1 Å². The minimum atomic E-state index is -0.808. The van der Waals surface area contributed by atoms with Crippen LogP contribution in [-0.4, -0.2) is 43.1 Å². The summed E-state index contributed by atoms with van der Waals surface area (Å²) in [6, 6.07) is 0. The van der Waals surface area contributed by atoms with Gasteiger partial charge in [-0.25, -0.2) is 9.78 Å². The average molecular weight is 242 g/mol. The van der Waals surface area contributed by atoms with Crippen LogP contribution in [0.4, 0.5) is 0 Å². The van der Waals surface area contributed by atoms with Gasteiger partial charge >= 0.3 is 5.69 Å². The molecule has 0 saturated carbocycles. The summed E-state index contributed by atoms with van der Waals surface area (Å²) in [6.07, 6.45) is -0.730. The third-order valence-corrected chi connectivity index (χ3v) is 2.82. The molecule has 3 N–H and O–H groups in total. The normalized spacial score (nSPS) is 28.5. The van der Waals surface area contributed by atoms with E-state index in [9.17, 15) is 9.90 Å². The highest BCUT2D eigenvalue weighted by atomic mass is 16.5. The smallest absolute Gasteiger partial charge is 0.333 e. The molecule has 17 heavy (non-hydrogen) atoms. The Hall–Kier alpha value is -1.51. The van der Waals surface area contributed by atoms with Gasteiger partial charge in [-0.2, -0.15) is 0 Å². The molecule has 0 bridgehead atoms. The Kier molecular flexibility index (Phi) is 3.09. The van der Waals surface area contributed by atoms with Crippen LogP contribution in [0.1, 0.15) is 12.6 Å². The molecule has 2 rings (SSSR count). The second-order valence-electron chi connectivity index (χ2n) is 3.93. The number of ether oxygens (including phenoxy) is 1. The van der Waals surface area contributed by atoms with Crippen LogP contribution in [0.15, 0.2) is 11.1 Å². The fourth-order valence-electron chi connectivity index (χ4n) is 1.76. The highest BCUT2D eigenvalue weighted by Crippen LogP contribution is 2.26. The summed E-state index contributed by atoms with van der Waals surface area (Å²) >= 11 is 0. The predicted octanol–water partition coefficient (Wildman–Crippen LogP) is -2.30. The Morgan fingerprint density at radius 2 is 2.41 bits per heavy atom. The Balaban J connectivity index is 2.34. The molecule has 0 amide bonds. The molecule has 1 aromatic rings. The van der Waals surface area contributed by atoms with E-state index in [1.54, 1.807) is 0 Å². The maximum absolute atomic E-state index is 11.8. The van der Waals surface area contributed by atoms with Gasteiger partial charge in [0, 0.05) is 13.5 Å². The van der Waals surface area contributed by atoms with Crippen molar-refractivity contribution in [2.45, 2.75) is 24.9 Å². The zero-order valence-corrected chi connectivity index (χ0v) is 9.28. The number of nitrogens with one attached hydrogen (secondary N) is 1. The second kappa shape index (κ2) is 4.40. The van der Waals surface area contributed by atoms with E-state index in [-0.39, 0.29) is 18.6 Å². The van der Waals surface area contributed by atoms with E-state index in [2.05, 4.69) is 4.98 Å². The first-order valence-electron chi connectivity index (χ1n) is 5.17. The number of aromatic nitrogens is 3. The lowest BCUT2D eigenvalue weighted by Crippen LogP contribution is -2.40. The number of hydrogen-bond donors (Lipinski definition) is 3. The SMILES string of the molecule is Cn1c(=N)ncn([C@H]2CC(O)[C@@H](CO)O2)c1=O. The van der Waals surface area contributed by atoms with Gasteiger partial charge in [-0.05, 0) is 0 Å². The third-order valence-electron chi connectivity index (χ3n) is 2.82. The first-order chi connectivity index (χ1) is 8.04. The van der Waals surface area contributed by atoms with Crippen molar-refractivity contribution < 1.29 is 14.9 Å². The van der Waals surface area contributed by atoms with Gasteiger partial charge in [-0.15, -0.1) is 0 Å². The lowest BCUT2D eigenvalue weighted by atomic mass is 10.2. The molecule has 1 unspecified atom stereocenters. The van der Waals surface area contributed by atoms with Crippen LogP contribution in [-0.2, 0) is 11.8 Å². The molecule has 0 aliphatic carbocycles. The number of hydrogen-bond acceptors (Lipinski definition) is 6. The van der Waals surface area contributed by atoms with Crippen molar-refractivity contribution >= 4 is 0 Å². The molecule has 3 atom stereocenters. The molecule has 1 aliphatic rings. The summed E-state index contributed by atoms with van der Waals surface area (Å²) in [4.78, 5) is 15.5. The zero-order valence-electron chi connectivity index (χ0n) is 9.28. The molecule has 1 saturated heterocycles. The van der Waals surface area contributed by atoms with Crippen molar-refractivity contribution in [2.75, 3.05) is 6.61 Å². The van der Waals surface area contributed by atoms with Crippen LogP contribution in [0.2, 0.25) is 0 Å². The Morgan fingerprint density at radius 3 is 3.00 bits per heavy atom.